The Morgan fingerprint density at radius 1 is 1.07 bits per heavy atom. The average molecular weight is 387 g/mol. The molecule has 2 aromatic carbocycles. The van der Waals surface area contributed by atoms with Crippen LogP contribution in [0.15, 0.2) is 48.5 Å². The van der Waals surface area contributed by atoms with Crippen LogP contribution < -0.4 is 5.32 Å². The Balaban J connectivity index is 1.53. The fraction of sp³-hybridized carbons (Fsp3) is 0.158. The first-order chi connectivity index (χ1) is 12.9. The van der Waals surface area contributed by atoms with Crippen molar-refractivity contribution in [3.8, 4) is 0 Å². The molecule has 1 aliphatic heterocycles. The van der Waals surface area contributed by atoms with Crippen molar-refractivity contribution in [2.75, 3.05) is 18.5 Å². The minimum Gasteiger partial charge on any atom is -0.454 e. The van der Waals surface area contributed by atoms with Crippen molar-refractivity contribution in [1.29, 1.82) is 0 Å². The molecule has 0 aromatic heterocycles. The number of halogens is 1. The summed E-state index contributed by atoms with van der Waals surface area (Å²) in [6.07, 6.45) is 0.0340. The number of imide groups is 1. The van der Waals surface area contributed by atoms with Gasteiger partial charge in [0.1, 0.15) is 6.54 Å². The van der Waals surface area contributed by atoms with Gasteiger partial charge in [0, 0.05) is 16.3 Å². The van der Waals surface area contributed by atoms with E-state index in [1.54, 1.807) is 48.5 Å². The third kappa shape index (κ3) is 4.51. The summed E-state index contributed by atoms with van der Waals surface area (Å²) in [7, 11) is 0. The summed E-state index contributed by atoms with van der Waals surface area (Å²) in [6.45, 7) is -1.07. The second-order valence-corrected chi connectivity index (χ2v) is 6.27. The van der Waals surface area contributed by atoms with E-state index in [1.807, 2.05) is 0 Å². The zero-order chi connectivity index (χ0) is 19.4. The smallest absolute Gasteiger partial charge is 0.326 e. The third-order valence-corrected chi connectivity index (χ3v) is 4.17. The van der Waals surface area contributed by atoms with Gasteiger partial charge in [-0.1, -0.05) is 29.8 Å². The van der Waals surface area contributed by atoms with Crippen LogP contribution in [-0.4, -0.2) is 41.7 Å². The minimum absolute atomic E-state index is 0.0340. The van der Waals surface area contributed by atoms with E-state index in [4.69, 9.17) is 16.3 Å². The summed E-state index contributed by atoms with van der Waals surface area (Å²) >= 11 is 5.76. The summed E-state index contributed by atoms with van der Waals surface area (Å²) in [5.41, 5.74) is 1.50. The van der Waals surface area contributed by atoms with Crippen molar-refractivity contribution in [2.45, 2.75) is 6.42 Å². The number of benzene rings is 2. The lowest BCUT2D eigenvalue weighted by Crippen LogP contribution is -2.45. The summed E-state index contributed by atoms with van der Waals surface area (Å²) in [5, 5.41) is 3.06. The number of amides is 3. The molecule has 7 nitrogen and oxygen atoms in total. The quantitative estimate of drug-likeness (QED) is 0.627. The third-order valence-electron chi connectivity index (χ3n) is 3.92. The van der Waals surface area contributed by atoms with Crippen LogP contribution in [0.4, 0.5) is 5.69 Å². The molecule has 3 amide bonds. The lowest BCUT2D eigenvalue weighted by molar-refractivity contribution is -0.150. The number of fused-ring (bicyclic) bond motifs is 1. The lowest BCUT2D eigenvalue weighted by Gasteiger charge is -2.25. The van der Waals surface area contributed by atoms with Crippen molar-refractivity contribution < 1.29 is 23.9 Å². The molecule has 0 saturated heterocycles. The number of rotatable bonds is 5. The largest absolute Gasteiger partial charge is 0.454 e. The second-order valence-electron chi connectivity index (χ2n) is 5.83. The van der Waals surface area contributed by atoms with E-state index in [0.717, 1.165) is 4.90 Å². The van der Waals surface area contributed by atoms with Gasteiger partial charge in [0.15, 0.2) is 6.61 Å². The molecule has 0 atom stereocenters. The Morgan fingerprint density at radius 3 is 2.52 bits per heavy atom. The Morgan fingerprint density at radius 2 is 1.78 bits per heavy atom. The molecule has 0 aliphatic carbocycles. The van der Waals surface area contributed by atoms with Crippen molar-refractivity contribution in [3.63, 3.8) is 0 Å². The van der Waals surface area contributed by atoms with Crippen LogP contribution in [0.2, 0.25) is 5.02 Å². The zero-order valence-electron chi connectivity index (χ0n) is 14.1. The van der Waals surface area contributed by atoms with E-state index < -0.39 is 36.8 Å². The number of hydrogen-bond donors (Lipinski definition) is 1. The molecule has 2 aromatic rings. The molecule has 0 bridgehead atoms. The molecule has 27 heavy (non-hydrogen) atoms. The van der Waals surface area contributed by atoms with Gasteiger partial charge < -0.3 is 10.1 Å². The molecule has 0 saturated carbocycles. The van der Waals surface area contributed by atoms with Gasteiger partial charge in [-0.05, 0) is 35.9 Å². The second kappa shape index (κ2) is 8.01. The van der Waals surface area contributed by atoms with Crippen molar-refractivity contribution in [2.24, 2.45) is 0 Å². The van der Waals surface area contributed by atoms with Gasteiger partial charge in [-0.25, -0.2) is 0 Å². The monoisotopic (exact) mass is 386 g/mol. The number of ether oxygens (including phenoxy) is 1. The Bertz CT molecular complexity index is 911. The lowest BCUT2D eigenvalue weighted by atomic mass is 9.98. The fourth-order valence-electron chi connectivity index (χ4n) is 2.61. The average Bonchev–Trinajstić information content (AvgIpc) is 2.65. The van der Waals surface area contributed by atoms with E-state index in [0.29, 0.717) is 21.8 Å². The maximum atomic E-state index is 12.4. The molecule has 0 radical (unpaired) electrons. The van der Waals surface area contributed by atoms with E-state index >= 15 is 0 Å². The van der Waals surface area contributed by atoms with Crippen LogP contribution in [0.3, 0.4) is 0 Å². The molecule has 3 rings (SSSR count). The van der Waals surface area contributed by atoms with Gasteiger partial charge in [0.25, 0.3) is 11.8 Å². The summed E-state index contributed by atoms with van der Waals surface area (Å²) in [6, 6.07) is 13.1. The number of carbonyl (C=O) groups excluding carboxylic acids is 4. The van der Waals surface area contributed by atoms with Crippen LogP contribution in [-0.2, 0) is 25.5 Å². The number of esters is 1. The Hall–Kier alpha value is -3.19. The van der Waals surface area contributed by atoms with E-state index in [1.165, 1.54) is 0 Å². The predicted molar refractivity (Wildman–Crippen MR) is 97.2 cm³/mol. The molecule has 0 fully saturated rings. The van der Waals surface area contributed by atoms with Gasteiger partial charge >= 0.3 is 5.97 Å². The van der Waals surface area contributed by atoms with Crippen LogP contribution >= 0.6 is 11.6 Å². The molecular formula is C19H15ClN2O5. The standard InChI is InChI=1S/C19H15ClN2O5/c20-13-5-7-14(8-6-13)21-16(23)11-27-18(25)10-22-17(24)9-12-3-1-2-4-15(12)19(22)26/h1-8H,9-11H2,(H,21,23). The van der Waals surface area contributed by atoms with Gasteiger partial charge in [-0.3, -0.25) is 24.1 Å². The number of hydrogen-bond acceptors (Lipinski definition) is 5. The van der Waals surface area contributed by atoms with Crippen molar-refractivity contribution in [1.82, 2.24) is 4.90 Å². The summed E-state index contributed by atoms with van der Waals surface area (Å²) in [5.74, 6) is -2.43. The van der Waals surface area contributed by atoms with E-state index in [2.05, 4.69) is 5.32 Å². The van der Waals surface area contributed by atoms with Gasteiger partial charge in [0.2, 0.25) is 5.91 Å². The number of carbonyl (C=O) groups is 4. The van der Waals surface area contributed by atoms with Gasteiger partial charge in [-0.15, -0.1) is 0 Å². The molecule has 1 N–H and O–H groups in total. The maximum absolute atomic E-state index is 12.4. The first kappa shape index (κ1) is 18.6. The first-order valence-corrected chi connectivity index (χ1v) is 8.45. The van der Waals surface area contributed by atoms with Crippen LogP contribution in [0, 0.1) is 0 Å². The highest BCUT2D eigenvalue weighted by molar-refractivity contribution is 6.30. The van der Waals surface area contributed by atoms with E-state index in [9.17, 15) is 19.2 Å². The highest BCUT2D eigenvalue weighted by Crippen LogP contribution is 2.19. The highest BCUT2D eigenvalue weighted by atomic mass is 35.5. The summed E-state index contributed by atoms with van der Waals surface area (Å²) in [4.78, 5) is 49.1. The van der Waals surface area contributed by atoms with Gasteiger partial charge in [0.05, 0.1) is 6.42 Å². The molecule has 0 unspecified atom stereocenters. The van der Waals surface area contributed by atoms with Crippen LogP contribution in [0.25, 0.3) is 0 Å². The van der Waals surface area contributed by atoms with E-state index in [-0.39, 0.29) is 6.42 Å². The number of nitrogens with one attached hydrogen (secondary N) is 1. The molecule has 1 heterocycles. The topological polar surface area (TPSA) is 92.8 Å². The Labute approximate surface area is 159 Å². The normalized spacial score (nSPS) is 13.1. The minimum atomic E-state index is -0.845. The SMILES string of the molecule is O=C(COC(=O)CN1C(=O)Cc2ccccc2C1=O)Nc1ccc(Cl)cc1. The first-order valence-electron chi connectivity index (χ1n) is 8.07. The Kier molecular flexibility index (Phi) is 5.52. The number of nitrogens with zero attached hydrogens (tertiary/aromatic N) is 1. The van der Waals surface area contributed by atoms with Gasteiger partial charge in [-0.2, -0.15) is 0 Å². The fourth-order valence-corrected chi connectivity index (χ4v) is 2.74. The highest BCUT2D eigenvalue weighted by Gasteiger charge is 2.32. The number of anilines is 1. The molecular weight excluding hydrogens is 372 g/mol. The molecule has 8 heteroatoms. The maximum Gasteiger partial charge on any atom is 0.326 e. The van der Waals surface area contributed by atoms with Crippen LogP contribution in [0.5, 0.6) is 0 Å². The summed E-state index contributed by atoms with van der Waals surface area (Å²) < 4.78 is 4.86. The van der Waals surface area contributed by atoms with Crippen molar-refractivity contribution >= 4 is 41.0 Å². The molecule has 0 spiro atoms. The zero-order valence-corrected chi connectivity index (χ0v) is 14.9. The van der Waals surface area contributed by atoms with Crippen LogP contribution in [0.1, 0.15) is 15.9 Å². The molecule has 138 valence electrons. The van der Waals surface area contributed by atoms with Crippen molar-refractivity contribution in [3.05, 3.63) is 64.7 Å². The molecule has 1 aliphatic rings. The predicted octanol–water partition coefficient (Wildman–Crippen LogP) is 2.05.